The molecule has 0 aromatic heterocycles. The average Bonchev–Trinajstić information content (AvgIpc) is 2.26. The highest BCUT2D eigenvalue weighted by Gasteiger charge is 2.33. The maximum atomic E-state index is 12.1. The number of nitrogens with one attached hydrogen (secondary N) is 1. The number of rotatable bonds is 3. The summed E-state index contributed by atoms with van der Waals surface area (Å²) in [5, 5.41) is 3.31. The lowest BCUT2D eigenvalue weighted by Gasteiger charge is -2.29. The van der Waals surface area contributed by atoms with Crippen LogP contribution in [0, 0.1) is 5.41 Å². The van der Waals surface area contributed by atoms with E-state index in [0.29, 0.717) is 0 Å². The second-order valence-corrected chi connectivity index (χ2v) is 5.16. The molecule has 0 bridgehead atoms. The van der Waals surface area contributed by atoms with Crippen molar-refractivity contribution < 1.29 is 4.79 Å². The Labute approximate surface area is 92.6 Å². The Hall–Kier alpha value is -0.610. The van der Waals surface area contributed by atoms with Crippen molar-refractivity contribution in [2.45, 2.75) is 13.8 Å². The van der Waals surface area contributed by atoms with E-state index in [2.05, 4.69) is 10.2 Å². The van der Waals surface area contributed by atoms with Crippen LogP contribution in [0.2, 0.25) is 0 Å². The average molecular weight is 213 g/mol. The van der Waals surface area contributed by atoms with Gasteiger partial charge in [0.15, 0.2) is 0 Å². The van der Waals surface area contributed by atoms with Crippen LogP contribution in [0.1, 0.15) is 13.8 Å². The van der Waals surface area contributed by atoms with Gasteiger partial charge in [-0.2, -0.15) is 0 Å². The number of carbonyl (C=O) groups is 1. The van der Waals surface area contributed by atoms with Gasteiger partial charge in [-0.15, -0.1) is 0 Å². The van der Waals surface area contributed by atoms with Crippen molar-refractivity contribution >= 4 is 5.91 Å². The van der Waals surface area contributed by atoms with Crippen LogP contribution < -0.4 is 5.32 Å². The first-order valence-corrected chi connectivity index (χ1v) is 5.58. The van der Waals surface area contributed by atoms with Gasteiger partial charge in [0.05, 0.1) is 5.41 Å². The van der Waals surface area contributed by atoms with Gasteiger partial charge in [0.2, 0.25) is 5.91 Å². The summed E-state index contributed by atoms with van der Waals surface area (Å²) in [5.41, 5.74) is -0.261. The molecule has 4 heteroatoms. The summed E-state index contributed by atoms with van der Waals surface area (Å²) in [6.45, 7) is 8.30. The number of carbonyl (C=O) groups excluding carboxylic acids is 1. The van der Waals surface area contributed by atoms with E-state index in [4.69, 9.17) is 0 Å². The summed E-state index contributed by atoms with van der Waals surface area (Å²) in [7, 11) is 4.07. The Morgan fingerprint density at radius 3 is 2.73 bits per heavy atom. The summed E-state index contributed by atoms with van der Waals surface area (Å²) in [6, 6.07) is 0. The molecule has 0 saturated carbocycles. The van der Waals surface area contributed by atoms with E-state index in [0.717, 1.165) is 32.7 Å². The lowest BCUT2D eigenvalue weighted by molar-refractivity contribution is -0.139. The third-order valence-electron chi connectivity index (χ3n) is 2.81. The molecule has 1 N–H and O–H groups in total. The van der Waals surface area contributed by atoms with Crippen molar-refractivity contribution in [1.82, 2.24) is 15.1 Å². The van der Waals surface area contributed by atoms with Crippen molar-refractivity contribution in [3.63, 3.8) is 0 Å². The van der Waals surface area contributed by atoms with Gasteiger partial charge in [0, 0.05) is 32.7 Å². The normalized spacial score (nSPS) is 21.9. The van der Waals surface area contributed by atoms with Crippen LogP contribution in [0.5, 0.6) is 0 Å². The van der Waals surface area contributed by atoms with Crippen molar-refractivity contribution in [2.24, 2.45) is 5.41 Å². The molecule has 0 aliphatic carbocycles. The van der Waals surface area contributed by atoms with Gasteiger partial charge in [-0.05, 0) is 27.9 Å². The van der Waals surface area contributed by atoms with Gasteiger partial charge in [0.1, 0.15) is 0 Å². The molecule has 1 aliphatic rings. The van der Waals surface area contributed by atoms with E-state index in [1.165, 1.54) is 0 Å². The zero-order chi connectivity index (χ0) is 11.5. The first-order chi connectivity index (χ1) is 6.93. The molecule has 1 fully saturated rings. The molecule has 0 radical (unpaired) electrons. The molecular weight excluding hydrogens is 190 g/mol. The first-order valence-electron chi connectivity index (χ1n) is 5.58. The Morgan fingerprint density at radius 1 is 1.47 bits per heavy atom. The van der Waals surface area contributed by atoms with E-state index in [-0.39, 0.29) is 11.3 Å². The van der Waals surface area contributed by atoms with E-state index in [9.17, 15) is 4.79 Å². The molecule has 0 atom stereocenters. The standard InChI is InChI=1S/C11H23N3O/c1-11(2)9-12-5-6-14(10(11)15)8-7-13(3)4/h12H,5-9H2,1-4H3. The van der Waals surface area contributed by atoms with E-state index in [1.54, 1.807) is 0 Å². The van der Waals surface area contributed by atoms with Crippen LogP contribution in [0.25, 0.3) is 0 Å². The Kier molecular flexibility index (Phi) is 4.11. The molecule has 1 heterocycles. The third-order valence-corrected chi connectivity index (χ3v) is 2.81. The van der Waals surface area contributed by atoms with Gasteiger partial charge >= 0.3 is 0 Å². The van der Waals surface area contributed by atoms with Crippen molar-refractivity contribution in [2.75, 3.05) is 46.8 Å². The lowest BCUT2D eigenvalue weighted by atomic mass is 9.92. The minimum atomic E-state index is -0.261. The fraction of sp³-hybridized carbons (Fsp3) is 0.909. The van der Waals surface area contributed by atoms with Crippen molar-refractivity contribution in [1.29, 1.82) is 0 Å². The molecule has 0 aromatic carbocycles. The summed E-state index contributed by atoms with van der Waals surface area (Å²) in [4.78, 5) is 16.2. The third kappa shape index (κ3) is 3.47. The predicted molar refractivity (Wildman–Crippen MR) is 61.8 cm³/mol. The van der Waals surface area contributed by atoms with E-state index >= 15 is 0 Å². The van der Waals surface area contributed by atoms with E-state index < -0.39 is 0 Å². The largest absolute Gasteiger partial charge is 0.340 e. The Morgan fingerprint density at radius 2 is 2.13 bits per heavy atom. The quantitative estimate of drug-likeness (QED) is 0.717. The molecule has 88 valence electrons. The van der Waals surface area contributed by atoms with Crippen molar-refractivity contribution in [3.05, 3.63) is 0 Å². The van der Waals surface area contributed by atoms with Gasteiger partial charge in [0.25, 0.3) is 0 Å². The molecular formula is C11H23N3O. The molecule has 1 saturated heterocycles. The minimum absolute atomic E-state index is 0.261. The number of hydrogen-bond acceptors (Lipinski definition) is 3. The first kappa shape index (κ1) is 12.5. The topological polar surface area (TPSA) is 35.6 Å². The second kappa shape index (κ2) is 4.94. The van der Waals surface area contributed by atoms with Crippen LogP contribution in [0.4, 0.5) is 0 Å². The summed E-state index contributed by atoms with van der Waals surface area (Å²) in [5.74, 6) is 0.273. The minimum Gasteiger partial charge on any atom is -0.340 e. The van der Waals surface area contributed by atoms with Crippen LogP contribution in [0.3, 0.4) is 0 Å². The highest BCUT2D eigenvalue weighted by atomic mass is 16.2. The molecule has 4 nitrogen and oxygen atoms in total. The zero-order valence-corrected chi connectivity index (χ0v) is 10.3. The number of likely N-dealkylation sites (N-methyl/N-ethyl adjacent to an activating group) is 1. The van der Waals surface area contributed by atoms with Crippen LogP contribution >= 0.6 is 0 Å². The van der Waals surface area contributed by atoms with Crippen LogP contribution in [-0.2, 0) is 4.79 Å². The highest BCUT2D eigenvalue weighted by Crippen LogP contribution is 2.19. The monoisotopic (exact) mass is 213 g/mol. The van der Waals surface area contributed by atoms with Gasteiger partial charge in [-0.3, -0.25) is 4.79 Å². The maximum Gasteiger partial charge on any atom is 0.229 e. The molecule has 0 spiro atoms. The zero-order valence-electron chi connectivity index (χ0n) is 10.3. The Bertz CT molecular complexity index is 226. The number of amides is 1. The molecule has 15 heavy (non-hydrogen) atoms. The van der Waals surface area contributed by atoms with Gasteiger partial charge in [-0.25, -0.2) is 0 Å². The highest BCUT2D eigenvalue weighted by molar-refractivity contribution is 5.82. The van der Waals surface area contributed by atoms with Crippen molar-refractivity contribution in [3.8, 4) is 0 Å². The fourth-order valence-electron chi connectivity index (χ4n) is 1.75. The van der Waals surface area contributed by atoms with E-state index in [1.807, 2.05) is 32.8 Å². The maximum absolute atomic E-state index is 12.1. The van der Waals surface area contributed by atoms with Gasteiger partial charge in [-0.1, -0.05) is 0 Å². The molecule has 1 aliphatic heterocycles. The SMILES string of the molecule is CN(C)CCN1CCNCC(C)(C)C1=O. The predicted octanol–water partition coefficient (Wildman–Crippen LogP) is 0.00600. The molecule has 0 aromatic rings. The fourth-order valence-corrected chi connectivity index (χ4v) is 1.75. The lowest BCUT2D eigenvalue weighted by Crippen LogP contribution is -2.44. The summed E-state index contributed by atoms with van der Waals surface area (Å²) < 4.78 is 0. The number of nitrogens with zero attached hydrogens (tertiary/aromatic N) is 2. The molecule has 0 unspecified atom stereocenters. The Balaban J connectivity index is 2.58. The number of hydrogen-bond donors (Lipinski definition) is 1. The summed E-state index contributed by atoms with van der Waals surface area (Å²) >= 11 is 0. The second-order valence-electron chi connectivity index (χ2n) is 5.16. The smallest absolute Gasteiger partial charge is 0.229 e. The van der Waals surface area contributed by atoms with Crippen LogP contribution in [-0.4, -0.2) is 62.5 Å². The van der Waals surface area contributed by atoms with Gasteiger partial charge < -0.3 is 15.1 Å². The summed E-state index contributed by atoms with van der Waals surface area (Å²) in [6.07, 6.45) is 0. The molecule has 1 rings (SSSR count). The van der Waals surface area contributed by atoms with Crippen LogP contribution in [0.15, 0.2) is 0 Å². The molecule has 1 amide bonds.